The van der Waals surface area contributed by atoms with E-state index in [1.807, 2.05) is 48.5 Å². The summed E-state index contributed by atoms with van der Waals surface area (Å²) in [5.74, 6) is -0.588. The van der Waals surface area contributed by atoms with Crippen LogP contribution in [0.4, 0.5) is 0 Å². The van der Waals surface area contributed by atoms with Crippen molar-refractivity contribution >= 4 is 17.5 Å². The van der Waals surface area contributed by atoms with Gasteiger partial charge in [-0.05, 0) is 37.3 Å². The second-order valence-electron chi connectivity index (χ2n) is 7.52. The lowest BCUT2D eigenvalue weighted by Crippen LogP contribution is -2.38. The zero-order valence-electron chi connectivity index (χ0n) is 15.4. The van der Waals surface area contributed by atoms with Crippen LogP contribution in [-0.2, 0) is 19.1 Å². The summed E-state index contributed by atoms with van der Waals surface area (Å²) in [4.78, 5) is 37.3. The average Bonchev–Trinajstić information content (AvgIpc) is 3.20. The molecule has 2 aromatic carbocycles. The first-order valence-electron chi connectivity index (χ1n) is 9.45. The number of carbonyl (C=O) groups is 3. The molecule has 0 spiro atoms. The Morgan fingerprint density at radius 2 is 1.63 bits per heavy atom. The van der Waals surface area contributed by atoms with E-state index in [4.69, 9.17) is 4.74 Å². The highest BCUT2D eigenvalue weighted by Crippen LogP contribution is 2.48. The molecular weight excluding hydrogens is 340 g/mol. The van der Waals surface area contributed by atoms with E-state index in [2.05, 4.69) is 0 Å². The normalized spacial score (nSPS) is 21.0. The fourth-order valence-corrected chi connectivity index (χ4v) is 4.36. The number of hydrogen-bond acceptors (Lipinski definition) is 4. The second kappa shape index (κ2) is 6.76. The van der Waals surface area contributed by atoms with Crippen molar-refractivity contribution in [1.82, 2.24) is 0 Å². The summed E-state index contributed by atoms with van der Waals surface area (Å²) >= 11 is 0. The number of Topliss-reactive ketones (excluding diaryl/α,β-unsaturated/α-hetero) is 2. The number of hydrogen-bond donors (Lipinski definition) is 0. The lowest BCUT2D eigenvalue weighted by molar-refractivity contribution is -0.163. The Hall–Kier alpha value is -2.75. The topological polar surface area (TPSA) is 60.4 Å². The minimum Gasteiger partial charge on any atom is -0.452 e. The summed E-state index contributed by atoms with van der Waals surface area (Å²) in [5.41, 5.74) is 2.83. The highest BCUT2D eigenvalue weighted by atomic mass is 16.5. The molecule has 1 fully saturated rings. The largest absolute Gasteiger partial charge is 0.452 e. The molecule has 0 amide bonds. The molecule has 2 aliphatic rings. The minimum atomic E-state index is -1.17. The van der Waals surface area contributed by atoms with E-state index < -0.39 is 17.5 Å². The first-order chi connectivity index (χ1) is 13.0. The molecule has 138 valence electrons. The summed E-state index contributed by atoms with van der Waals surface area (Å²) < 4.78 is 5.98. The highest BCUT2D eigenvalue weighted by Gasteiger charge is 2.50. The van der Waals surface area contributed by atoms with Crippen molar-refractivity contribution in [1.29, 1.82) is 0 Å². The van der Waals surface area contributed by atoms with Crippen molar-refractivity contribution in [3.8, 4) is 11.1 Å². The zero-order valence-corrected chi connectivity index (χ0v) is 15.4. The molecule has 0 heterocycles. The summed E-state index contributed by atoms with van der Waals surface area (Å²) in [6, 6.07) is 15.8. The molecule has 2 aromatic rings. The average molecular weight is 362 g/mol. The molecule has 0 N–H and O–H groups in total. The van der Waals surface area contributed by atoms with Crippen LogP contribution in [0.3, 0.4) is 0 Å². The van der Waals surface area contributed by atoms with Crippen LogP contribution in [0, 0.1) is 5.41 Å². The van der Waals surface area contributed by atoms with Gasteiger partial charge in [0.15, 0.2) is 6.10 Å². The van der Waals surface area contributed by atoms with E-state index in [0.29, 0.717) is 19.3 Å². The standard InChI is InChI=1S/C23H22O4/c1-15(24)12-14-23(13-6-11-20(23)25)22(26)27-21-18-9-4-2-7-16(18)17-8-3-5-10-19(17)21/h2-5,7-10,21H,6,11-14H2,1H3/t23-/m0/s1. The number of ketones is 2. The fourth-order valence-electron chi connectivity index (χ4n) is 4.36. The van der Waals surface area contributed by atoms with Crippen LogP contribution in [0.1, 0.15) is 56.3 Å². The summed E-state index contributed by atoms with van der Waals surface area (Å²) in [6.45, 7) is 1.49. The zero-order chi connectivity index (χ0) is 19.0. The van der Waals surface area contributed by atoms with Crippen LogP contribution in [-0.4, -0.2) is 17.5 Å². The molecule has 1 saturated carbocycles. The Labute approximate surface area is 158 Å². The molecule has 0 radical (unpaired) electrons. The Balaban J connectivity index is 1.67. The third-order valence-corrected chi connectivity index (χ3v) is 5.84. The van der Waals surface area contributed by atoms with Crippen LogP contribution in [0.25, 0.3) is 11.1 Å². The summed E-state index contributed by atoms with van der Waals surface area (Å²) in [6.07, 6.45) is 1.48. The maximum atomic E-state index is 13.2. The Morgan fingerprint density at radius 3 is 2.15 bits per heavy atom. The maximum Gasteiger partial charge on any atom is 0.320 e. The number of benzene rings is 2. The third kappa shape index (κ3) is 2.89. The number of fused-ring (bicyclic) bond motifs is 3. The quantitative estimate of drug-likeness (QED) is 0.584. The Morgan fingerprint density at radius 1 is 1.04 bits per heavy atom. The van der Waals surface area contributed by atoms with E-state index in [1.165, 1.54) is 6.92 Å². The van der Waals surface area contributed by atoms with E-state index in [1.54, 1.807) is 0 Å². The van der Waals surface area contributed by atoms with Crippen molar-refractivity contribution < 1.29 is 19.1 Å². The van der Waals surface area contributed by atoms with Gasteiger partial charge in [-0.15, -0.1) is 0 Å². The number of carbonyl (C=O) groups excluding carboxylic acids is 3. The molecule has 0 bridgehead atoms. The van der Waals surface area contributed by atoms with Gasteiger partial charge < -0.3 is 9.53 Å². The smallest absolute Gasteiger partial charge is 0.320 e. The number of ether oxygens (including phenoxy) is 1. The third-order valence-electron chi connectivity index (χ3n) is 5.84. The predicted octanol–water partition coefficient (Wildman–Crippen LogP) is 4.41. The van der Waals surface area contributed by atoms with Crippen molar-refractivity contribution in [2.75, 3.05) is 0 Å². The van der Waals surface area contributed by atoms with Crippen LogP contribution < -0.4 is 0 Å². The van der Waals surface area contributed by atoms with Crippen molar-refractivity contribution in [2.45, 2.75) is 45.1 Å². The molecule has 2 aliphatic carbocycles. The van der Waals surface area contributed by atoms with Gasteiger partial charge in [-0.25, -0.2) is 0 Å². The fraction of sp³-hybridized carbons (Fsp3) is 0.348. The maximum absolute atomic E-state index is 13.2. The summed E-state index contributed by atoms with van der Waals surface area (Å²) in [7, 11) is 0. The van der Waals surface area contributed by atoms with Gasteiger partial charge in [-0.2, -0.15) is 0 Å². The predicted molar refractivity (Wildman–Crippen MR) is 101 cm³/mol. The second-order valence-corrected chi connectivity index (χ2v) is 7.52. The Bertz CT molecular complexity index is 884. The molecule has 0 saturated heterocycles. The van der Waals surface area contributed by atoms with Gasteiger partial charge in [0.2, 0.25) is 0 Å². The lowest BCUT2D eigenvalue weighted by atomic mass is 9.80. The van der Waals surface area contributed by atoms with Crippen molar-refractivity contribution in [3.63, 3.8) is 0 Å². The van der Waals surface area contributed by atoms with E-state index in [9.17, 15) is 14.4 Å². The van der Waals surface area contributed by atoms with Gasteiger partial charge in [0.05, 0.1) is 0 Å². The molecular formula is C23H22O4. The SMILES string of the molecule is CC(=O)CC[C@@]1(C(=O)OC2c3ccccc3-c3ccccc32)CCCC1=O. The van der Waals surface area contributed by atoms with Crippen LogP contribution in [0.15, 0.2) is 48.5 Å². The highest BCUT2D eigenvalue weighted by molar-refractivity contribution is 6.05. The van der Waals surface area contributed by atoms with Crippen LogP contribution in [0.5, 0.6) is 0 Å². The molecule has 27 heavy (non-hydrogen) atoms. The van der Waals surface area contributed by atoms with Gasteiger partial charge in [-0.1, -0.05) is 48.5 Å². The van der Waals surface area contributed by atoms with E-state index in [0.717, 1.165) is 22.3 Å². The molecule has 0 unspecified atom stereocenters. The van der Waals surface area contributed by atoms with Gasteiger partial charge in [0.1, 0.15) is 17.0 Å². The first kappa shape index (κ1) is 17.7. The molecule has 4 heteroatoms. The van der Waals surface area contributed by atoms with E-state index >= 15 is 0 Å². The Kier molecular flexibility index (Phi) is 4.42. The van der Waals surface area contributed by atoms with Gasteiger partial charge >= 0.3 is 5.97 Å². The molecule has 1 atom stereocenters. The number of esters is 1. The molecule has 4 rings (SSSR count). The number of rotatable bonds is 5. The summed E-state index contributed by atoms with van der Waals surface area (Å²) in [5, 5.41) is 0. The molecule has 0 aromatic heterocycles. The molecule has 0 aliphatic heterocycles. The monoisotopic (exact) mass is 362 g/mol. The van der Waals surface area contributed by atoms with Crippen molar-refractivity contribution in [3.05, 3.63) is 59.7 Å². The van der Waals surface area contributed by atoms with Crippen LogP contribution >= 0.6 is 0 Å². The first-order valence-corrected chi connectivity index (χ1v) is 9.45. The van der Waals surface area contributed by atoms with Gasteiger partial charge in [0, 0.05) is 24.0 Å². The van der Waals surface area contributed by atoms with Crippen LogP contribution in [0.2, 0.25) is 0 Å². The van der Waals surface area contributed by atoms with Gasteiger partial charge in [-0.3, -0.25) is 9.59 Å². The minimum absolute atomic E-state index is 0.0153. The van der Waals surface area contributed by atoms with Crippen molar-refractivity contribution in [2.24, 2.45) is 5.41 Å². The van der Waals surface area contributed by atoms with Gasteiger partial charge in [0.25, 0.3) is 0 Å². The lowest BCUT2D eigenvalue weighted by Gasteiger charge is -2.27. The molecule has 4 nitrogen and oxygen atoms in total. The van der Waals surface area contributed by atoms with E-state index in [-0.39, 0.29) is 24.4 Å².